The van der Waals surface area contributed by atoms with Crippen LogP contribution >= 0.6 is 22.9 Å². The first kappa shape index (κ1) is 19.3. The van der Waals surface area contributed by atoms with Crippen LogP contribution in [0.25, 0.3) is 0 Å². The monoisotopic (exact) mass is 425 g/mol. The van der Waals surface area contributed by atoms with Crippen LogP contribution in [0.3, 0.4) is 0 Å². The first-order chi connectivity index (χ1) is 12.8. The molecular formula is C16H16ClN5O3S2. The second-order valence-corrected chi connectivity index (χ2v) is 8.61. The molecule has 0 aliphatic rings. The molecule has 11 heteroatoms. The molecule has 2 heterocycles. The van der Waals surface area contributed by atoms with Crippen LogP contribution in [0, 0.1) is 13.8 Å². The molecule has 27 heavy (non-hydrogen) atoms. The third-order valence-corrected chi connectivity index (χ3v) is 6.41. The van der Waals surface area contributed by atoms with Crippen LogP contribution in [0.4, 0.5) is 10.8 Å². The smallest absolute Gasteiger partial charge is 0.263 e. The molecule has 2 aromatic heterocycles. The van der Waals surface area contributed by atoms with E-state index in [4.69, 9.17) is 11.6 Å². The number of benzene rings is 1. The molecule has 0 aliphatic heterocycles. The summed E-state index contributed by atoms with van der Waals surface area (Å²) >= 11 is 7.26. The summed E-state index contributed by atoms with van der Waals surface area (Å²) in [6, 6.07) is 5.85. The third-order valence-electron chi connectivity index (χ3n) is 3.69. The van der Waals surface area contributed by atoms with Crippen molar-refractivity contribution in [3.05, 3.63) is 52.3 Å². The standard InChI is InChI=1S/C16H16ClN5O3S2/c1-10-15(17)11(2)22(20-10)9-14(23)19-12-3-5-13(6-4-12)27(24,25)21-16-18-7-8-26-16/h3-8H,9H2,1-2H3,(H,18,21)(H,19,23). The van der Waals surface area contributed by atoms with Gasteiger partial charge in [-0.3, -0.25) is 14.2 Å². The highest BCUT2D eigenvalue weighted by Gasteiger charge is 2.16. The van der Waals surface area contributed by atoms with Gasteiger partial charge >= 0.3 is 0 Å². The average Bonchev–Trinajstić information content (AvgIpc) is 3.19. The lowest BCUT2D eigenvalue weighted by atomic mass is 10.3. The quantitative estimate of drug-likeness (QED) is 0.631. The number of sulfonamides is 1. The van der Waals surface area contributed by atoms with E-state index in [2.05, 4.69) is 20.1 Å². The Balaban J connectivity index is 1.66. The van der Waals surface area contributed by atoms with Gasteiger partial charge in [0.15, 0.2) is 5.13 Å². The Morgan fingerprint density at radius 3 is 2.52 bits per heavy atom. The van der Waals surface area contributed by atoms with Crippen molar-refractivity contribution in [2.45, 2.75) is 25.3 Å². The fourth-order valence-electron chi connectivity index (χ4n) is 2.33. The van der Waals surface area contributed by atoms with Crippen molar-refractivity contribution in [2.75, 3.05) is 10.0 Å². The minimum Gasteiger partial charge on any atom is -0.324 e. The number of hydrogen-bond acceptors (Lipinski definition) is 6. The molecule has 1 aromatic carbocycles. The second kappa shape index (κ2) is 7.67. The maximum atomic E-state index is 12.3. The molecule has 3 aromatic rings. The van der Waals surface area contributed by atoms with Crippen LogP contribution in [0.5, 0.6) is 0 Å². The highest BCUT2D eigenvalue weighted by Crippen LogP contribution is 2.20. The van der Waals surface area contributed by atoms with Crippen molar-refractivity contribution in [3.63, 3.8) is 0 Å². The number of anilines is 2. The second-order valence-electron chi connectivity index (χ2n) is 5.66. The Kier molecular flexibility index (Phi) is 5.49. The lowest BCUT2D eigenvalue weighted by molar-refractivity contribution is -0.116. The maximum Gasteiger partial charge on any atom is 0.263 e. The fourth-order valence-corrected chi connectivity index (χ4v) is 4.25. The Morgan fingerprint density at radius 2 is 1.96 bits per heavy atom. The number of carbonyl (C=O) groups is 1. The van der Waals surface area contributed by atoms with Crippen molar-refractivity contribution in [1.29, 1.82) is 0 Å². The van der Waals surface area contributed by atoms with Gasteiger partial charge in [0.05, 0.1) is 21.3 Å². The lowest BCUT2D eigenvalue weighted by Crippen LogP contribution is -2.20. The molecule has 0 atom stereocenters. The van der Waals surface area contributed by atoms with Gasteiger partial charge < -0.3 is 5.32 Å². The van der Waals surface area contributed by atoms with E-state index in [0.29, 0.717) is 22.1 Å². The minimum absolute atomic E-state index is 0.00501. The van der Waals surface area contributed by atoms with Gasteiger partial charge in [-0.25, -0.2) is 13.4 Å². The van der Waals surface area contributed by atoms with Crippen molar-refractivity contribution in [3.8, 4) is 0 Å². The van der Waals surface area contributed by atoms with E-state index in [1.807, 2.05) is 0 Å². The summed E-state index contributed by atoms with van der Waals surface area (Å²) < 4.78 is 28.5. The van der Waals surface area contributed by atoms with Crippen LogP contribution in [-0.2, 0) is 21.4 Å². The summed E-state index contributed by atoms with van der Waals surface area (Å²) in [7, 11) is -3.73. The molecule has 8 nitrogen and oxygen atoms in total. The van der Waals surface area contributed by atoms with Gasteiger partial charge in [-0.2, -0.15) is 5.10 Å². The van der Waals surface area contributed by atoms with Gasteiger partial charge in [-0.05, 0) is 38.1 Å². The van der Waals surface area contributed by atoms with Crippen LogP contribution in [0.1, 0.15) is 11.4 Å². The zero-order chi connectivity index (χ0) is 19.6. The van der Waals surface area contributed by atoms with Gasteiger partial charge in [0.1, 0.15) is 6.54 Å². The molecule has 0 radical (unpaired) electrons. The first-order valence-corrected chi connectivity index (χ1v) is 10.5. The Labute approximate surface area is 165 Å². The lowest BCUT2D eigenvalue weighted by Gasteiger charge is -2.09. The average molecular weight is 426 g/mol. The van der Waals surface area contributed by atoms with Crippen molar-refractivity contribution >= 4 is 49.7 Å². The van der Waals surface area contributed by atoms with Crippen molar-refractivity contribution in [1.82, 2.24) is 14.8 Å². The number of carbonyl (C=O) groups excluding carboxylic acids is 1. The molecule has 3 rings (SSSR count). The minimum atomic E-state index is -3.73. The highest BCUT2D eigenvalue weighted by molar-refractivity contribution is 7.93. The zero-order valence-electron chi connectivity index (χ0n) is 14.4. The van der Waals surface area contributed by atoms with Crippen LogP contribution in [-0.4, -0.2) is 29.1 Å². The number of amides is 1. The molecule has 0 unspecified atom stereocenters. The molecule has 0 saturated heterocycles. The maximum absolute atomic E-state index is 12.3. The molecule has 0 bridgehead atoms. The van der Waals surface area contributed by atoms with E-state index < -0.39 is 10.0 Å². The molecule has 0 saturated carbocycles. The molecule has 1 amide bonds. The SMILES string of the molecule is Cc1nn(CC(=O)Nc2ccc(S(=O)(=O)Nc3nccs3)cc2)c(C)c1Cl. The predicted molar refractivity (Wildman–Crippen MR) is 105 cm³/mol. The molecule has 0 fully saturated rings. The van der Waals surface area contributed by atoms with Crippen LogP contribution in [0.15, 0.2) is 40.7 Å². The van der Waals surface area contributed by atoms with Crippen molar-refractivity contribution in [2.24, 2.45) is 0 Å². The number of hydrogen-bond donors (Lipinski definition) is 2. The summed E-state index contributed by atoms with van der Waals surface area (Å²) in [5.74, 6) is -0.297. The number of aryl methyl sites for hydroxylation is 1. The fraction of sp³-hybridized carbons (Fsp3) is 0.188. The predicted octanol–water partition coefficient (Wildman–Crippen LogP) is 3.05. The van der Waals surface area contributed by atoms with Crippen LogP contribution < -0.4 is 10.0 Å². The van der Waals surface area contributed by atoms with Crippen molar-refractivity contribution < 1.29 is 13.2 Å². The summed E-state index contributed by atoms with van der Waals surface area (Å²) in [4.78, 5) is 16.2. The van der Waals surface area contributed by atoms with E-state index in [9.17, 15) is 13.2 Å². The molecule has 0 aliphatic carbocycles. The van der Waals surface area contributed by atoms with E-state index in [1.54, 1.807) is 19.2 Å². The Bertz CT molecular complexity index is 1060. The van der Waals surface area contributed by atoms with E-state index >= 15 is 0 Å². The summed E-state index contributed by atoms with van der Waals surface area (Å²) in [6.45, 7) is 3.55. The largest absolute Gasteiger partial charge is 0.324 e. The number of rotatable bonds is 6. The van der Waals surface area contributed by atoms with Gasteiger partial charge in [0, 0.05) is 17.3 Å². The van der Waals surface area contributed by atoms with Crippen LogP contribution in [0.2, 0.25) is 5.02 Å². The number of halogens is 1. The van der Waals surface area contributed by atoms with Gasteiger partial charge in [0.25, 0.3) is 10.0 Å². The van der Waals surface area contributed by atoms with E-state index in [-0.39, 0.29) is 22.5 Å². The highest BCUT2D eigenvalue weighted by atomic mass is 35.5. The van der Waals surface area contributed by atoms with Gasteiger partial charge in [-0.1, -0.05) is 11.6 Å². The first-order valence-electron chi connectivity index (χ1n) is 7.78. The molecule has 0 spiro atoms. The zero-order valence-corrected chi connectivity index (χ0v) is 16.8. The van der Waals surface area contributed by atoms with Gasteiger partial charge in [0.2, 0.25) is 5.91 Å². The molecule has 2 N–H and O–H groups in total. The van der Waals surface area contributed by atoms with E-state index in [0.717, 1.165) is 0 Å². The Hall–Kier alpha value is -2.43. The topological polar surface area (TPSA) is 106 Å². The Morgan fingerprint density at radius 1 is 1.26 bits per heavy atom. The summed E-state index contributed by atoms with van der Waals surface area (Å²) in [5.41, 5.74) is 1.84. The summed E-state index contributed by atoms with van der Waals surface area (Å²) in [5, 5.41) is 9.40. The molecular weight excluding hydrogens is 410 g/mol. The van der Waals surface area contributed by atoms with Gasteiger partial charge in [-0.15, -0.1) is 11.3 Å². The number of aromatic nitrogens is 3. The van der Waals surface area contributed by atoms with E-state index in [1.165, 1.54) is 46.5 Å². The number of nitrogens with zero attached hydrogens (tertiary/aromatic N) is 3. The molecule has 142 valence electrons. The number of thiazole rings is 1. The summed E-state index contributed by atoms with van der Waals surface area (Å²) in [6.07, 6.45) is 1.51. The number of nitrogens with one attached hydrogen (secondary N) is 2. The normalized spacial score (nSPS) is 11.4. The third kappa shape index (κ3) is 4.46.